The molecule has 0 saturated carbocycles. The predicted molar refractivity (Wildman–Crippen MR) is 81.9 cm³/mol. The van der Waals surface area contributed by atoms with E-state index in [2.05, 4.69) is 27.4 Å². The minimum absolute atomic E-state index is 0.0938. The summed E-state index contributed by atoms with van der Waals surface area (Å²) >= 11 is 0. The number of fused-ring (bicyclic) bond motifs is 3. The SMILES string of the molecule is C[C@@H]1CCc2c1cc(C(=O)Nc1ncccc1F)c1nncn21. The molecule has 0 fully saturated rings. The van der Waals surface area contributed by atoms with Crippen molar-refractivity contribution in [2.45, 2.75) is 25.7 Å². The van der Waals surface area contributed by atoms with Gasteiger partial charge in [-0.3, -0.25) is 9.20 Å². The summed E-state index contributed by atoms with van der Waals surface area (Å²) in [6.07, 6.45) is 5.00. The lowest BCUT2D eigenvalue weighted by atomic mass is 10.0. The Bertz CT molecular complexity index is 920. The fourth-order valence-corrected chi connectivity index (χ4v) is 3.08. The van der Waals surface area contributed by atoms with Crippen molar-refractivity contribution in [3.05, 3.63) is 53.4 Å². The summed E-state index contributed by atoms with van der Waals surface area (Å²) in [7, 11) is 0. The summed E-state index contributed by atoms with van der Waals surface area (Å²) in [5, 5.41) is 10.5. The van der Waals surface area contributed by atoms with Gasteiger partial charge in [-0.1, -0.05) is 6.92 Å². The Kier molecular flexibility index (Phi) is 3.07. The molecule has 0 aliphatic heterocycles. The Balaban J connectivity index is 1.80. The zero-order valence-corrected chi connectivity index (χ0v) is 12.5. The molecule has 3 heterocycles. The molecule has 1 atom stereocenters. The highest BCUT2D eigenvalue weighted by Gasteiger charge is 2.26. The molecule has 0 saturated heterocycles. The normalized spacial score (nSPS) is 16.5. The minimum atomic E-state index is -0.576. The Morgan fingerprint density at radius 1 is 1.48 bits per heavy atom. The van der Waals surface area contributed by atoms with Gasteiger partial charge in [-0.05, 0) is 42.5 Å². The van der Waals surface area contributed by atoms with E-state index in [0.717, 1.165) is 24.1 Å². The van der Waals surface area contributed by atoms with E-state index >= 15 is 0 Å². The number of aromatic nitrogens is 4. The third kappa shape index (κ3) is 2.16. The van der Waals surface area contributed by atoms with Crippen LogP contribution in [0, 0.1) is 5.82 Å². The molecule has 6 nitrogen and oxygen atoms in total. The Morgan fingerprint density at radius 2 is 2.35 bits per heavy atom. The highest BCUT2D eigenvalue weighted by molar-refractivity contribution is 6.08. The molecule has 0 spiro atoms. The van der Waals surface area contributed by atoms with Crippen molar-refractivity contribution in [1.82, 2.24) is 19.6 Å². The van der Waals surface area contributed by atoms with Gasteiger partial charge in [0.05, 0.1) is 5.56 Å². The van der Waals surface area contributed by atoms with Gasteiger partial charge in [-0.2, -0.15) is 0 Å². The van der Waals surface area contributed by atoms with Gasteiger partial charge >= 0.3 is 0 Å². The van der Waals surface area contributed by atoms with Crippen LogP contribution in [0.2, 0.25) is 0 Å². The molecule has 3 aromatic rings. The third-order valence-corrected chi connectivity index (χ3v) is 4.29. The van der Waals surface area contributed by atoms with Crippen LogP contribution in [-0.2, 0) is 6.42 Å². The Labute approximate surface area is 131 Å². The largest absolute Gasteiger partial charge is 0.304 e. The number of carbonyl (C=O) groups is 1. The van der Waals surface area contributed by atoms with Gasteiger partial charge in [0, 0.05) is 11.9 Å². The number of carbonyl (C=O) groups excluding carboxylic acids is 1. The number of amides is 1. The molecule has 0 aromatic carbocycles. The van der Waals surface area contributed by atoms with Crippen LogP contribution in [0.5, 0.6) is 0 Å². The van der Waals surface area contributed by atoms with Crippen molar-refractivity contribution < 1.29 is 9.18 Å². The second-order valence-electron chi connectivity index (χ2n) is 5.71. The molecule has 116 valence electrons. The van der Waals surface area contributed by atoms with E-state index < -0.39 is 11.7 Å². The topological polar surface area (TPSA) is 72.2 Å². The second-order valence-corrected chi connectivity index (χ2v) is 5.71. The van der Waals surface area contributed by atoms with E-state index in [-0.39, 0.29) is 5.82 Å². The van der Waals surface area contributed by atoms with Crippen LogP contribution in [0.3, 0.4) is 0 Å². The number of pyridine rings is 2. The number of halogens is 1. The standard InChI is InChI=1S/C16H14FN5O/c1-9-4-5-13-10(9)7-11(15-21-19-8-22(13)15)16(23)20-14-12(17)3-2-6-18-14/h2-3,6-9H,4-5H2,1H3,(H,18,20,23)/t9-/m1/s1. The summed E-state index contributed by atoms with van der Waals surface area (Å²) < 4.78 is 15.5. The molecule has 0 radical (unpaired) electrons. The molecule has 3 aromatic heterocycles. The molecule has 1 amide bonds. The maximum atomic E-state index is 13.7. The molecule has 23 heavy (non-hydrogen) atoms. The van der Waals surface area contributed by atoms with Crippen LogP contribution >= 0.6 is 0 Å². The van der Waals surface area contributed by atoms with E-state index in [0.29, 0.717) is 17.1 Å². The summed E-state index contributed by atoms with van der Waals surface area (Å²) in [6.45, 7) is 2.13. The molecule has 0 unspecified atom stereocenters. The first-order valence-corrected chi connectivity index (χ1v) is 7.42. The Hall–Kier alpha value is -2.83. The van der Waals surface area contributed by atoms with Crippen molar-refractivity contribution in [2.24, 2.45) is 0 Å². The fraction of sp³-hybridized carbons (Fsp3) is 0.250. The van der Waals surface area contributed by atoms with Crippen LogP contribution in [0.15, 0.2) is 30.7 Å². The maximum absolute atomic E-state index is 13.7. The van der Waals surface area contributed by atoms with Crippen molar-refractivity contribution in [3.8, 4) is 0 Å². The van der Waals surface area contributed by atoms with Gasteiger partial charge in [0.2, 0.25) is 0 Å². The summed E-state index contributed by atoms with van der Waals surface area (Å²) in [6, 6.07) is 4.56. The molecular formula is C16H14FN5O. The smallest absolute Gasteiger partial charge is 0.260 e. The van der Waals surface area contributed by atoms with E-state index in [1.165, 1.54) is 18.3 Å². The predicted octanol–water partition coefficient (Wildman–Crippen LogP) is 2.57. The average molecular weight is 311 g/mol. The minimum Gasteiger partial charge on any atom is -0.304 e. The van der Waals surface area contributed by atoms with Gasteiger partial charge in [0.15, 0.2) is 17.3 Å². The zero-order valence-electron chi connectivity index (χ0n) is 12.5. The van der Waals surface area contributed by atoms with Crippen LogP contribution in [0.25, 0.3) is 5.65 Å². The summed E-state index contributed by atoms with van der Waals surface area (Å²) in [5.41, 5.74) is 3.11. The van der Waals surface area contributed by atoms with Crippen LogP contribution in [-0.4, -0.2) is 25.5 Å². The van der Waals surface area contributed by atoms with E-state index in [1.807, 2.05) is 10.5 Å². The van der Waals surface area contributed by atoms with E-state index in [4.69, 9.17) is 0 Å². The highest BCUT2D eigenvalue weighted by Crippen LogP contribution is 2.34. The van der Waals surface area contributed by atoms with Gasteiger partial charge in [0.25, 0.3) is 5.91 Å². The van der Waals surface area contributed by atoms with E-state index in [1.54, 1.807) is 6.33 Å². The number of hydrogen-bond acceptors (Lipinski definition) is 4. The lowest BCUT2D eigenvalue weighted by molar-refractivity contribution is 0.102. The fourth-order valence-electron chi connectivity index (χ4n) is 3.08. The third-order valence-electron chi connectivity index (χ3n) is 4.29. The molecule has 1 N–H and O–H groups in total. The molecule has 4 rings (SSSR count). The number of anilines is 1. The lowest BCUT2D eigenvalue weighted by Crippen LogP contribution is -2.16. The summed E-state index contributed by atoms with van der Waals surface area (Å²) in [4.78, 5) is 16.4. The molecular weight excluding hydrogens is 297 g/mol. The first-order chi connectivity index (χ1) is 11.1. The number of nitrogens with one attached hydrogen (secondary N) is 1. The van der Waals surface area contributed by atoms with Gasteiger partial charge in [-0.15, -0.1) is 10.2 Å². The van der Waals surface area contributed by atoms with Gasteiger partial charge < -0.3 is 5.32 Å². The van der Waals surface area contributed by atoms with Crippen LogP contribution in [0.1, 0.15) is 40.9 Å². The number of aryl methyl sites for hydroxylation is 1. The lowest BCUT2D eigenvalue weighted by Gasteiger charge is -2.11. The quantitative estimate of drug-likeness (QED) is 0.789. The first-order valence-electron chi connectivity index (χ1n) is 7.42. The molecule has 1 aliphatic rings. The van der Waals surface area contributed by atoms with Crippen molar-refractivity contribution in [3.63, 3.8) is 0 Å². The zero-order chi connectivity index (χ0) is 16.0. The molecule has 7 heteroatoms. The summed E-state index contributed by atoms with van der Waals surface area (Å²) in [5.74, 6) is -0.742. The second kappa shape index (κ2) is 5.12. The van der Waals surface area contributed by atoms with Gasteiger partial charge in [0.1, 0.15) is 6.33 Å². The molecule has 1 aliphatic carbocycles. The monoisotopic (exact) mass is 311 g/mol. The van der Waals surface area contributed by atoms with E-state index in [9.17, 15) is 9.18 Å². The number of nitrogens with zero attached hydrogens (tertiary/aromatic N) is 4. The van der Waals surface area contributed by atoms with Gasteiger partial charge in [-0.25, -0.2) is 9.37 Å². The number of rotatable bonds is 2. The number of hydrogen-bond donors (Lipinski definition) is 1. The molecule has 0 bridgehead atoms. The van der Waals surface area contributed by atoms with Crippen LogP contribution in [0.4, 0.5) is 10.2 Å². The average Bonchev–Trinajstić information content (AvgIpc) is 3.15. The van der Waals surface area contributed by atoms with Crippen molar-refractivity contribution in [1.29, 1.82) is 0 Å². The maximum Gasteiger partial charge on any atom is 0.260 e. The van der Waals surface area contributed by atoms with Crippen molar-refractivity contribution >= 4 is 17.4 Å². The highest BCUT2D eigenvalue weighted by atomic mass is 19.1. The van der Waals surface area contributed by atoms with Crippen molar-refractivity contribution in [2.75, 3.05) is 5.32 Å². The Morgan fingerprint density at radius 3 is 3.17 bits per heavy atom. The first kappa shape index (κ1) is 13.8. The van der Waals surface area contributed by atoms with Crippen LogP contribution < -0.4 is 5.32 Å².